The van der Waals surface area contributed by atoms with E-state index >= 15 is 0 Å². The number of aryl methyl sites for hydroxylation is 1. The first-order chi connectivity index (χ1) is 12.6. The summed E-state index contributed by atoms with van der Waals surface area (Å²) in [6.45, 7) is 5.12. The lowest BCUT2D eigenvalue weighted by molar-refractivity contribution is 0.102. The zero-order chi connectivity index (χ0) is 18.5. The Balaban J connectivity index is 1.66. The molecule has 1 aromatic heterocycles. The van der Waals surface area contributed by atoms with Gasteiger partial charge in [0, 0.05) is 16.6 Å². The quantitative estimate of drug-likeness (QED) is 0.630. The molecule has 0 atom stereocenters. The van der Waals surface area contributed by atoms with E-state index in [2.05, 4.69) is 26.3 Å². The van der Waals surface area contributed by atoms with E-state index in [1.165, 1.54) is 0 Å². The van der Waals surface area contributed by atoms with Crippen molar-refractivity contribution >= 4 is 27.5 Å². The highest BCUT2D eigenvalue weighted by Crippen LogP contribution is 2.19. The number of halogens is 1. The lowest BCUT2D eigenvalue weighted by atomic mass is 10.1. The van der Waals surface area contributed by atoms with Crippen molar-refractivity contribution in [3.63, 3.8) is 0 Å². The molecule has 0 aliphatic carbocycles. The van der Waals surface area contributed by atoms with E-state index in [1.807, 2.05) is 61.0 Å². The molecule has 2 aromatic carbocycles. The molecule has 0 aliphatic heterocycles. The molecule has 5 nitrogen and oxygen atoms in total. The standard InChI is InChI=1S/C20H20BrN3O2/c1-3-24-14(2)19(12-22-24)23-20(25)16-6-4-5-15(11-16)13-26-18-9-7-17(21)8-10-18/h4-12H,3,13H2,1-2H3,(H,23,25). The van der Waals surface area contributed by atoms with Crippen molar-refractivity contribution in [2.75, 3.05) is 5.32 Å². The van der Waals surface area contributed by atoms with Gasteiger partial charge < -0.3 is 10.1 Å². The Bertz CT molecular complexity index is 904. The van der Waals surface area contributed by atoms with E-state index < -0.39 is 0 Å². The van der Waals surface area contributed by atoms with Crippen molar-refractivity contribution in [2.24, 2.45) is 0 Å². The van der Waals surface area contributed by atoms with Crippen LogP contribution < -0.4 is 10.1 Å². The fraction of sp³-hybridized carbons (Fsp3) is 0.200. The molecule has 1 heterocycles. The van der Waals surface area contributed by atoms with Crippen LogP contribution in [0.2, 0.25) is 0 Å². The van der Waals surface area contributed by atoms with E-state index in [4.69, 9.17) is 4.74 Å². The van der Waals surface area contributed by atoms with Gasteiger partial charge in [0.2, 0.25) is 0 Å². The largest absolute Gasteiger partial charge is 0.489 e. The first-order valence-electron chi connectivity index (χ1n) is 8.38. The highest BCUT2D eigenvalue weighted by molar-refractivity contribution is 9.10. The first kappa shape index (κ1) is 18.2. The van der Waals surface area contributed by atoms with Gasteiger partial charge in [-0.3, -0.25) is 9.48 Å². The van der Waals surface area contributed by atoms with Crippen LogP contribution in [-0.2, 0) is 13.2 Å². The zero-order valence-electron chi connectivity index (χ0n) is 14.7. The second-order valence-electron chi connectivity index (χ2n) is 5.86. The molecule has 134 valence electrons. The van der Waals surface area contributed by atoms with Gasteiger partial charge in [0.05, 0.1) is 17.6 Å². The Kier molecular flexibility index (Phi) is 5.73. The van der Waals surface area contributed by atoms with Crippen LogP contribution in [0.5, 0.6) is 5.75 Å². The molecule has 0 spiro atoms. The van der Waals surface area contributed by atoms with Crippen LogP contribution in [0, 0.1) is 6.92 Å². The summed E-state index contributed by atoms with van der Waals surface area (Å²) < 4.78 is 8.62. The van der Waals surface area contributed by atoms with Crippen molar-refractivity contribution < 1.29 is 9.53 Å². The van der Waals surface area contributed by atoms with E-state index in [-0.39, 0.29) is 5.91 Å². The molecule has 0 fully saturated rings. The summed E-state index contributed by atoms with van der Waals surface area (Å²) in [7, 11) is 0. The van der Waals surface area contributed by atoms with Crippen molar-refractivity contribution in [1.29, 1.82) is 0 Å². The van der Waals surface area contributed by atoms with Crippen molar-refractivity contribution in [3.8, 4) is 5.75 Å². The predicted molar refractivity (Wildman–Crippen MR) is 106 cm³/mol. The lowest BCUT2D eigenvalue weighted by Gasteiger charge is -2.09. The minimum Gasteiger partial charge on any atom is -0.489 e. The van der Waals surface area contributed by atoms with Crippen LogP contribution in [0.1, 0.15) is 28.5 Å². The van der Waals surface area contributed by atoms with E-state index in [9.17, 15) is 4.79 Å². The van der Waals surface area contributed by atoms with Gasteiger partial charge in [-0.05, 0) is 55.8 Å². The van der Waals surface area contributed by atoms with Gasteiger partial charge in [-0.25, -0.2) is 0 Å². The van der Waals surface area contributed by atoms with Gasteiger partial charge >= 0.3 is 0 Å². The third kappa shape index (κ3) is 4.32. The first-order valence-corrected chi connectivity index (χ1v) is 9.17. The summed E-state index contributed by atoms with van der Waals surface area (Å²) in [4.78, 5) is 12.5. The van der Waals surface area contributed by atoms with Gasteiger partial charge in [-0.1, -0.05) is 28.1 Å². The number of nitrogens with one attached hydrogen (secondary N) is 1. The molecule has 0 bridgehead atoms. The van der Waals surface area contributed by atoms with Crippen LogP contribution in [0.3, 0.4) is 0 Å². The van der Waals surface area contributed by atoms with E-state index in [1.54, 1.807) is 12.3 Å². The average Bonchev–Trinajstić information content (AvgIpc) is 3.01. The van der Waals surface area contributed by atoms with Crippen LogP contribution in [0.4, 0.5) is 5.69 Å². The van der Waals surface area contributed by atoms with Gasteiger partial charge in [0.25, 0.3) is 5.91 Å². The molecule has 0 saturated carbocycles. The minimum atomic E-state index is -0.158. The van der Waals surface area contributed by atoms with Crippen molar-refractivity contribution in [2.45, 2.75) is 27.0 Å². The summed E-state index contributed by atoms with van der Waals surface area (Å²) in [6.07, 6.45) is 1.68. The third-order valence-corrected chi connectivity index (χ3v) is 4.59. The summed E-state index contributed by atoms with van der Waals surface area (Å²) in [5, 5.41) is 7.17. The molecule has 0 aliphatic rings. The number of carbonyl (C=O) groups excluding carboxylic acids is 1. The Morgan fingerprint density at radius 3 is 2.69 bits per heavy atom. The second-order valence-corrected chi connectivity index (χ2v) is 6.77. The number of hydrogen-bond donors (Lipinski definition) is 1. The maximum atomic E-state index is 12.5. The molecule has 0 unspecified atom stereocenters. The number of amides is 1. The molecule has 6 heteroatoms. The molecule has 0 saturated heterocycles. The number of aromatic nitrogens is 2. The van der Waals surface area contributed by atoms with Gasteiger partial charge in [0.1, 0.15) is 12.4 Å². The van der Waals surface area contributed by atoms with Crippen LogP contribution in [0.25, 0.3) is 0 Å². The van der Waals surface area contributed by atoms with Crippen molar-refractivity contribution in [3.05, 3.63) is 76.0 Å². The van der Waals surface area contributed by atoms with E-state index in [0.29, 0.717) is 12.2 Å². The van der Waals surface area contributed by atoms with Crippen LogP contribution >= 0.6 is 15.9 Å². The molecule has 1 amide bonds. The summed E-state index contributed by atoms with van der Waals surface area (Å²) in [5.41, 5.74) is 3.19. The summed E-state index contributed by atoms with van der Waals surface area (Å²) in [5.74, 6) is 0.625. The van der Waals surface area contributed by atoms with Crippen LogP contribution in [0.15, 0.2) is 59.2 Å². The topological polar surface area (TPSA) is 56.2 Å². The normalized spacial score (nSPS) is 10.6. The Morgan fingerprint density at radius 2 is 2.00 bits per heavy atom. The van der Waals surface area contributed by atoms with Crippen LogP contribution in [-0.4, -0.2) is 15.7 Å². The van der Waals surface area contributed by atoms with Crippen molar-refractivity contribution in [1.82, 2.24) is 9.78 Å². The fourth-order valence-electron chi connectivity index (χ4n) is 2.58. The maximum Gasteiger partial charge on any atom is 0.255 e. The highest BCUT2D eigenvalue weighted by Gasteiger charge is 2.11. The predicted octanol–water partition coefficient (Wildman–Crippen LogP) is 4.81. The SMILES string of the molecule is CCn1ncc(NC(=O)c2cccc(COc3ccc(Br)cc3)c2)c1C. The maximum absolute atomic E-state index is 12.5. The summed E-state index contributed by atoms with van der Waals surface area (Å²) in [6, 6.07) is 15.1. The number of benzene rings is 2. The number of hydrogen-bond acceptors (Lipinski definition) is 3. The number of ether oxygens (including phenoxy) is 1. The molecule has 26 heavy (non-hydrogen) atoms. The van der Waals surface area contributed by atoms with Gasteiger partial charge in [-0.2, -0.15) is 5.10 Å². The molecular weight excluding hydrogens is 394 g/mol. The second kappa shape index (κ2) is 8.19. The van der Waals surface area contributed by atoms with Gasteiger partial charge in [0.15, 0.2) is 0 Å². The Hall–Kier alpha value is -2.60. The number of rotatable bonds is 6. The molecule has 1 N–H and O–H groups in total. The average molecular weight is 414 g/mol. The molecule has 3 rings (SSSR count). The van der Waals surface area contributed by atoms with Gasteiger partial charge in [-0.15, -0.1) is 0 Å². The van der Waals surface area contributed by atoms with E-state index in [0.717, 1.165) is 33.7 Å². The smallest absolute Gasteiger partial charge is 0.255 e. The number of anilines is 1. The lowest BCUT2D eigenvalue weighted by Crippen LogP contribution is -2.13. The Morgan fingerprint density at radius 1 is 1.23 bits per heavy atom. The molecule has 0 radical (unpaired) electrons. The Labute approximate surface area is 161 Å². The molecule has 3 aromatic rings. The number of nitrogens with zero attached hydrogens (tertiary/aromatic N) is 2. The third-order valence-electron chi connectivity index (χ3n) is 4.06. The summed E-state index contributed by atoms with van der Waals surface area (Å²) >= 11 is 3.40. The monoisotopic (exact) mass is 413 g/mol. The number of carbonyl (C=O) groups is 1. The zero-order valence-corrected chi connectivity index (χ0v) is 16.3. The highest BCUT2D eigenvalue weighted by atomic mass is 79.9. The fourth-order valence-corrected chi connectivity index (χ4v) is 2.85. The minimum absolute atomic E-state index is 0.158. The molecular formula is C20H20BrN3O2.